The van der Waals surface area contributed by atoms with Gasteiger partial charge in [0.05, 0.1) is 5.56 Å². The number of aromatic nitrogens is 1. The summed E-state index contributed by atoms with van der Waals surface area (Å²) >= 11 is 0. The SMILES string of the molecule is CC1CNC(=O)c2cc3ccc(C(=O)O)cc3n2C1C. The molecule has 5 heteroatoms. The highest BCUT2D eigenvalue weighted by atomic mass is 16.4. The van der Waals surface area contributed by atoms with Gasteiger partial charge in [0.2, 0.25) is 0 Å². The highest BCUT2D eigenvalue weighted by molar-refractivity contribution is 6.01. The molecule has 20 heavy (non-hydrogen) atoms. The summed E-state index contributed by atoms with van der Waals surface area (Å²) in [4.78, 5) is 23.3. The van der Waals surface area contributed by atoms with Crippen molar-refractivity contribution in [2.24, 2.45) is 5.92 Å². The number of hydrogen-bond acceptors (Lipinski definition) is 2. The fourth-order valence-electron chi connectivity index (χ4n) is 2.74. The molecule has 0 saturated heterocycles. The van der Waals surface area contributed by atoms with Gasteiger partial charge in [-0.25, -0.2) is 4.79 Å². The number of carbonyl (C=O) groups excluding carboxylic acids is 1. The molecule has 2 unspecified atom stereocenters. The maximum atomic E-state index is 12.1. The van der Waals surface area contributed by atoms with Gasteiger partial charge in [-0.15, -0.1) is 0 Å². The van der Waals surface area contributed by atoms with Gasteiger partial charge in [-0.05, 0) is 31.0 Å². The van der Waals surface area contributed by atoms with Gasteiger partial charge in [-0.1, -0.05) is 13.0 Å². The summed E-state index contributed by atoms with van der Waals surface area (Å²) in [5.74, 6) is -0.778. The molecule has 0 spiro atoms. The van der Waals surface area contributed by atoms with Crippen LogP contribution in [0.5, 0.6) is 0 Å². The highest BCUT2D eigenvalue weighted by Gasteiger charge is 2.27. The molecule has 1 aliphatic rings. The van der Waals surface area contributed by atoms with E-state index in [4.69, 9.17) is 5.11 Å². The number of rotatable bonds is 1. The minimum Gasteiger partial charge on any atom is -0.478 e. The average Bonchev–Trinajstić information content (AvgIpc) is 2.77. The normalized spacial score (nSPS) is 22.2. The van der Waals surface area contributed by atoms with Gasteiger partial charge in [0, 0.05) is 23.5 Å². The first-order valence-corrected chi connectivity index (χ1v) is 6.65. The minimum absolute atomic E-state index is 0.103. The van der Waals surface area contributed by atoms with Gasteiger partial charge in [0.15, 0.2) is 0 Å². The summed E-state index contributed by atoms with van der Waals surface area (Å²) in [7, 11) is 0. The fourth-order valence-corrected chi connectivity index (χ4v) is 2.74. The van der Waals surface area contributed by atoms with Crippen molar-refractivity contribution in [3.05, 3.63) is 35.5 Å². The Bertz CT molecular complexity index is 717. The van der Waals surface area contributed by atoms with Crippen molar-refractivity contribution in [3.8, 4) is 0 Å². The lowest BCUT2D eigenvalue weighted by Crippen LogP contribution is -2.26. The van der Waals surface area contributed by atoms with Crippen molar-refractivity contribution in [2.45, 2.75) is 19.9 Å². The Balaban J connectivity index is 2.30. The van der Waals surface area contributed by atoms with Crippen LogP contribution in [0.25, 0.3) is 10.9 Å². The Hall–Kier alpha value is -2.30. The summed E-state index contributed by atoms with van der Waals surface area (Å²) in [6.45, 7) is 4.76. The molecule has 0 bridgehead atoms. The van der Waals surface area contributed by atoms with E-state index in [0.29, 0.717) is 12.2 Å². The molecule has 2 N–H and O–H groups in total. The molecule has 2 atom stereocenters. The number of carboxylic acid groups (broad SMARTS) is 1. The molecular weight excluding hydrogens is 256 g/mol. The second kappa shape index (κ2) is 4.37. The first-order chi connectivity index (χ1) is 9.49. The summed E-state index contributed by atoms with van der Waals surface area (Å²) in [5.41, 5.74) is 1.64. The number of amides is 1. The standard InChI is InChI=1S/C15H16N2O3/c1-8-7-16-14(18)13-5-10-3-4-11(15(19)20)6-12(10)17(13)9(8)2/h3-6,8-9H,7H2,1-2H3,(H,16,18)(H,19,20). The Morgan fingerprint density at radius 1 is 1.35 bits per heavy atom. The largest absolute Gasteiger partial charge is 0.478 e. The number of hydrogen-bond donors (Lipinski definition) is 2. The Morgan fingerprint density at radius 2 is 2.10 bits per heavy atom. The van der Waals surface area contributed by atoms with Gasteiger partial charge in [0.1, 0.15) is 5.69 Å². The van der Waals surface area contributed by atoms with Gasteiger partial charge in [-0.2, -0.15) is 0 Å². The first-order valence-electron chi connectivity index (χ1n) is 6.65. The molecule has 2 heterocycles. The number of benzene rings is 1. The smallest absolute Gasteiger partial charge is 0.335 e. The van der Waals surface area contributed by atoms with E-state index in [9.17, 15) is 9.59 Å². The summed E-state index contributed by atoms with van der Waals surface area (Å²) < 4.78 is 1.95. The Kier molecular flexibility index (Phi) is 2.78. The van der Waals surface area contributed by atoms with Crippen LogP contribution in [-0.2, 0) is 0 Å². The first kappa shape index (κ1) is 12.7. The lowest BCUT2D eigenvalue weighted by molar-refractivity contribution is 0.0696. The number of nitrogens with zero attached hydrogens (tertiary/aromatic N) is 1. The van der Waals surface area contributed by atoms with E-state index in [2.05, 4.69) is 19.2 Å². The Labute approximate surface area is 116 Å². The van der Waals surface area contributed by atoms with Gasteiger partial charge in [-0.3, -0.25) is 4.79 Å². The molecule has 0 fully saturated rings. The molecule has 0 saturated carbocycles. The van der Waals surface area contributed by atoms with Crippen molar-refractivity contribution in [3.63, 3.8) is 0 Å². The van der Waals surface area contributed by atoms with Crippen LogP contribution in [0.15, 0.2) is 24.3 Å². The zero-order valence-corrected chi connectivity index (χ0v) is 11.4. The topological polar surface area (TPSA) is 71.3 Å². The third-order valence-electron chi connectivity index (χ3n) is 4.14. The van der Waals surface area contributed by atoms with E-state index in [1.807, 2.05) is 10.6 Å². The number of nitrogens with one attached hydrogen (secondary N) is 1. The molecule has 1 aromatic heterocycles. The second-order valence-corrected chi connectivity index (χ2v) is 5.41. The van der Waals surface area contributed by atoms with Crippen LogP contribution < -0.4 is 5.32 Å². The van der Waals surface area contributed by atoms with E-state index in [1.165, 1.54) is 0 Å². The predicted octanol–water partition coefficient (Wildman–Crippen LogP) is 2.28. The summed E-state index contributed by atoms with van der Waals surface area (Å²) in [5, 5.41) is 12.9. The zero-order valence-electron chi connectivity index (χ0n) is 11.4. The molecule has 1 aliphatic heterocycles. The molecule has 3 rings (SSSR count). The lowest BCUT2D eigenvalue weighted by Gasteiger charge is -2.20. The van der Waals surface area contributed by atoms with Crippen molar-refractivity contribution in [1.29, 1.82) is 0 Å². The van der Waals surface area contributed by atoms with E-state index >= 15 is 0 Å². The van der Waals surface area contributed by atoms with Crippen LogP contribution in [0.2, 0.25) is 0 Å². The molecule has 5 nitrogen and oxygen atoms in total. The molecular formula is C15H16N2O3. The Morgan fingerprint density at radius 3 is 2.80 bits per heavy atom. The van der Waals surface area contributed by atoms with Crippen molar-refractivity contribution >= 4 is 22.8 Å². The third kappa shape index (κ3) is 1.78. The van der Waals surface area contributed by atoms with Crippen molar-refractivity contribution in [1.82, 2.24) is 9.88 Å². The maximum absolute atomic E-state index is 12.1. The molecule has 1 aromatic carbocycles. The lowest BCUT2D eigenvalue weighted by atomic mass is 10.0. The molecule has 2 aromatic rings. The van der Waals surface area contributed by atoms with Crippen molar-refractivity contribution in [2.75, 3.05) is 6.54 Å². The van der Waals surface area contributed by atoms with Crippen LogP contribution in [0, 0.1) is 5.92 Å². The van der Waals surface area contributed by atoms with Crippen LogP contribution in [0.3, 0.4) is 0 Å². The average molecular weight is 272 g/mol. The summed E-state index contributed by atoms with van der Waals surface area (Å²) in [6, 6.07) is 6.92. The minimum atomic E-state index is -0.957. The van der Waals surface area contributed by atoms with E-state index in [0.717, 1.165) is 10.9 Å². The van der Waals surface area contributed by atoms with Gasteiger partial charge < -0.3 is 15.0 Å². The number of carboxylic acids is 1. The molecule has 104 valence electrons. The molecule has 0 aliphatic carbocycles. The van der Waals surface area contributed by atoms with Gasteiger partial charge >= 0.3 is 5.97 Å². The molecule has 0 radical (unpaired) electrons. The van der Waals surface area contributed by atoms with E-state index in [1.54, 1.807) is 18.2 Å². The quantitative estimate of drug-likeness (QED) is 0.836. The van der Waals surface area contributed by atoms with Crippen molar-refractivity contribution < 1.29 is 14.7 Å². The summed E-state index contributed by atoms with van der Waals surface area (Å²) in [6.07, 6.45) is 0. The van der Waals surface area contributed by atoms with Crippen LogP contribution in [-0.4, -0.2) is 28.1 Å². The van der Waals surface area contributed by atoms with Gasteiger partial charge in [0.25, 0.3) is 5.91 Å². The number of fused-ring (bicyclic) bond motifs is 3. The zero-order chi connectivity index (χ0) is 14.4. The third-order valence-corrected chi connectivity index (χ3v) is 4.14. The van der Waals surface area contributed by atoms with Crippen LogP contribution in [0.1, 0.15) is 40.7 Å². The van der Waals surface area contributed by atoms with Crippen LogP contribution in [0.4, 0.5) is 0 Å². The maximum Gasteiger partial charge on any atom is 0.335 e. The fraction of sp³-hybridized carbons (Fsp3) is 0.333. The number of aromatic carboxylic acids is 1. The second-order valence-electron chi connectivity index (χ2n) is 5.41. The monoisotopic (exact) mass is 272 g/mol. The highest BCUT2D eigenvalue weighted by Crippen LogP contribution is 2.30. The number of carbonyl (C=O) groups is 2. The van der Waals surface area contributed by atoms with Crippen LogP contribution >= 0.6 is 0 Å². The van der Waals surface area contributed by atoms with E-state index < -0.39 is 5.97 Å². The molecule has 1 amide bonds. The predicted molar refractivity (Wildman–Crippen MR) is 75.1 cm³/mol. The van der Waals surface area contributed by atoms with E-state index in [-0.39, 0.29) is 23.4 Å².